The lowest BCUT2D eigenvalue weighted by molar-refractivity contribution is -0.138. The lowest BCUT2D eigenvalue weighted by Crippen LogP contribution is -2.45. The number of carbonyl (C=O) groups is 4. The molecule has 26 heavy (non-hydrogen) atoms. The number of carboxylic acid groups (broad SMARTS) is 1. The maximum atomic E-state index is 12.2. The molecule has 0 aromatic heterocycles. The molecule has 2 N–H and O–H groups in total. The molecule has 0 spiro atoms. The number of hydrogen-bond acceptors (Lipinski definition) is 6. The number of alkyl carbamates (subject to hydrolysis) is 1. The number of thioether (sulfide) groups is 1. The molecule has 9 heteroatoms. The Bertz CT molecular complexity index is 708. The van der Waals surface area contributed by atoms with Gasteiger partial charge in [0, 0.05) is 5.75 Å². The zero-order valence-corrected chi connectivity index (χ0v) is 15.5. The third-order valence-electron chi connectivity index (χ3n) is 3.37. The highest BCUT2D eigenvalue weighted by Crippen LogP contribution is 2.24. The second-order valence-corrected chi connectivity index (χ2v) is 7.62. The van der Waals surface area contributed by atoms with Crippen molar-refractivity contribution >= 4 is 35.6 Å². The largest absolute Gasteiger partial charge is 0.480 e. The van der Waals surface area contributed by atoms with E-state index in [1.807, 2.05) is 0 Å². The molecule has 1 aromatic carbocycles. The van der Waals surface area contributed by atoms with Crippen LogP contribution >= 0.6 is 11.8 Å². The average Bonchev–Trinajstić information content (AvgIpc) is 2.77. The Labute approximate surface area is 154 Å². The zero-order valence-electron chi connectivity index (χ0n) is 14.6. The molecule has 1 unspecified atom stereocenters. The van der Waals surface area contributed by atoms with E-state index in [-0.39, 0.29) is 11.6 Å². The molecule has 140 valence electrons. The second kappa shape index (κ2) is 7.77. The monoisotopic (exact) mass is 380 g/mol. The van der Waals surface area contributed by atoms with Crippen molar-refractivity contribution in [2.45, 2.75) is 32.4 Å². The average molecular weight is 380 g/mol. The van der Waals surface area contributed by atoms with Crippen LogP contribution in [-0.2, 0) is 9.53 Å². The Morgan fingerprint density at radius 2 is 1.73 bits per heavy atom. The summed E-state index contributed by atoms with van der Waals surface area (Å²) in [4.78, 5) is 48.6. The minimum Gasteiger partial charge on any atom is -0.480 e. The number of benzene rings is 1. The summed E-state index contributed by atoms with van der Waals surface area (Å²) in [6.45, 7) is 5.00. The van der Waals surface area contributed by atoms with E-state index in [9.17, 15) is 24.3 Å². The Balaban J connectivity index is 1.91. The van der Waals surface area contributed by atoms with Gasteiger partial charge in [-0.3, -0.25) is 14.5 Å². The SMILES string of the molecule is CC(C)(C)OC(=O)NC(CSCN1C(=O)c2ccccc2C1=O)C(=O)O. The summed E-state index contributed by atoms with van der Waals surface area (Å²) in [6, 6.07) is 5.29. The molecule has 2 rings (SSSR count). The summed E-state index contributed by atoms with van der Waals surface area (Å²) in [6.07, 6.45) is -0.841. The number of nitrogens with one attached hydrogen (secondary N) is 1. The van der Waals surface area contributed by atoms with E-state index in [4.69, 9.17) is 4.74 Å². The maximum absolute atomic E-state index is 12.2. The van der Waals surface area contributed by atoms with E-state index < -0.39 is 35.5 Å². The van der Waals surface area contributed by atoms with Gasteiger partial charge in [0.2, 0.25) is 0 Å². The number of fused-ring (bicyclic) bond motifs is 1. The van der Waals surface area contributed by atoms with Crippen molar-refractivity contribution in [3.63, 3.8) is 0 Å². The molecule has 3 amide bonds. The molecule has 0 aliphatic carbocycles. The number of carboxylic acids is 1. The van der Waals surface area contributed by atoms with Crippen LogP contribution in [0.4, 0.5) is 4.79 Å². The first-order valence-corrected chi connectivity index (χ1v) is 9.01. The molecule has 0 saturated heterocycles. The molecule has 0 saturated carbocycles. The van der Waals surface area contributed by atoms with Gasteiger partial charge in [-0.05, 0) is 32.9 Å². The van der Waals surface area contributed by atoms with Crippen LogP contribution in [0.5, 0.6) is 0 Å². The summed E-state index contributed by atoms with van der Waals surface area (Å²) >= 11 is 1.06. The number of imide groups is 1. The van der Waals surface area contributed by atoms with Crippen LogP contribution in [-0.4, -0.2) is 57.2 Å². The lowest BCUT2D eigenvalue weighted by Gasteiger charge is -2.22. The molecule has 1 aliphatic heterocycles. The quantitative estimate of drug-likeness (QED) is 0.725. The van der Waals surface area contributed by atoms with Gasteiger partial charge in [0.25, 0.3) is 11.8 Å². The van der Waals surface area contributed by atoms with E-state index in [2.05, 4.69) is 5.32 Å². The molecule has 8 nitrogen and oxygen atoms in total. The van der Waals surface area contributed by atoms with E-state index in [0.29, 0.717) is 11.1 Å². The molecule has 1 aliphatic rings. The molecular weight excluding hydrogens is 360 g/mol. The number of amides is 3. The predicted molar refractivity (Wildman–Crippen MR) is 95.1 cm³/mol. The number of hydrogen-bond donors (Lipinski definition) is 2. The Morgan fingerprint density at radius 1 is 1.19 bits per heavy atom. The van der Waals surface area contributed by atoms with Gasteiger partial charge < -0.3 is 15.2 Å². The highest BCUT2D eigenvalue weighted by atomic mass is 32.2. The maximum Gasteiger partial charge on any atom is 0.408 e. The van der Waals surface area contributed by atoms with Gasteiger partial charge in [-0.1, -0.05) is 12.1 Å². The minimum absolute atomic E-state index is 0.00781. The smallest absolute Gasteiger partial charge is 0.408 e. The van der Waals surface area contributed by atoms with Crippen LogP contribution in [0.25, 0.3) is 0 Å². The van der Waals surface area contributed by atoms with Crippen LogP contribution in [0.15, 0.2) is 24.3 Å². The fourth-order valence-corrected chi connectivity index (χ4v) is 3.23. The predicted octanol–water partition coefficient (Wildman–Crippen LogP) is 1.95. The number of nitrogens with zero attached hydrogens (tertiary/aromatic N) is 1. The van der Waals surface area contributed by atoms with Gasteiger partial charge in [0.05, 0.1) is 17.0 Å². The van der Waals surface area contributed by atoms with Crippen molar-refractivity contribution in [3.8, 4) is 0 Å². The highest BCUT2D eigenvalue weighted by Gasteiger charge is 2.35. The molecule has 1 heterocycles. The Morgan fingerprint density at radius 3 is 2.19 bits per heavy atom. The van der Waals surface area contributed by atoms with Crippen molar-refractivity contribution < 1.29 is 29.0 Å². The van der Waals surface area contributed by atoms with Crippen molar-refractivity contribution in [1.29, 1.82) is 0 Å². The molecule has 1 aromatic rings. The van der Waals surface area contributed by atoms with Gasteiger partial charge in [-0.15, -0.1) is 11.8 Å². The summed E-state index contributed by atoms with van der Waals surface area (Å²) < 4.78 is 5.03. The first kappa shape index (κ1) is 19.8. The van der Waals surface area contributed by atoms with Crippen LogP contribution in [0.2, 0.25) is 0 Å². The highest BCUT2D eigenvalue weighted by molar-refractivity contribution is 7.99. The topological polar surface area (TPSA) is 113 Å². The zero-order chi connectivity index (χ0) is 19.5. The third-order valence-corrected chi connectivity index (χ3v) is 4.38. The lowest BCUT2D eigenvalue weighted by atomic mass is 10.1. The second-order valence-electron chi connectivity index (χ2n) is 6.62. The molecular formula is C17H20N2O6S. The standard InChI is InChI=1S/C17H20N2O6S/c1-17(2,3)25-16(24)18-12(15(22)23)8-26-9-19-13(20)10-6-4-5-7-11(10)14(19)21/h4-7,12H,8-9H2,1-3H3,(H,18,24)(H,22,23). The number of ether oxygens (including phenoxy) is 1. The first-order valence-electron chi connectivity index (χ1n) is 7.85. The van der Waals surface area contributed by atoms with Gasteiger partial charge in [0.1, 0.15) is 11.6 Å². The van der Waals surface area contributed by atoms with Crippen molar-refractivity contribution in [2.24, 2.45) is 0 Å². The van der Waals surface area contributed by atoms with Crippen molar-refractivity contribution in [3.05, 3.63) is 35.4 Å². The van der Waals surface area contributed by atoms with Gasteiger partial charge in [-0.2, -0.15) is 0 Å². The van der Waals surface area contributed by atoms with Crippen molar-refractivity contribution in [2.75, 3.05) is 11.6 Å². The van der Waals surface area contributed by atoms with Gasteiger partial charge in [-0.25, -0.2) is 9.59 Å². The molecule has 0 bridgehead atoms. The van der Waals surface area contributed by atoms with E-state index >= 15 is 0 Å². The summed E-state index contributed by atoms with van der Waals surface area (Å²) in [5, 5.41) is 11.5. The summed E-state index contributed by atoms with van der Waals surface area (Å²) in [5.74, 6) is -2.09. The minimum atomic E-state index is -1.23. The number of aliphatic carboxylic acids is 1. The fraction of sp³-hybridized carbons (Fsp3) is 0.412. The normalized spacial score (nSPS) is 14.8. The third kappa shape index (κ3) is 4.75. The van der Waals surface area contributed by atoms with E-state index in [0.717, 1.165) is 16.7 Å². The number of rotatable bonds is 6. The fourth-order valence-electron chi connectivity index (χ4n) is 2.24. The molecule has 1 atom stereocenters. The van der Waals surface area contributed by atoms with Gasteiger partial charge in [0.15, 0.2) is 0 Å². The summed E-state index contributed by atoms with van der Waals surface area (Å²) in [7, 11) is 0. The number of carbonyl (C=O) groups excluding carboxylic acids is 3. The first-order chi connectivity index (χ1) is 12.1. The van der Waals surface area contributed by atoms with E-state index in [1.54, 1.807) is 45.0 Å². The molecule has 0 fully saturated rings. The van der Waals surface area contributed by atoms with E-state index in [1.165, 1.54) is 0 Å². The van der Waals surface area contributed by atoms with Crippen LogP contribution in [0.1, 0.15) is 41.5 Å². The van der Waals surface area contributed by atoms with Gasteiger partial charge >= 0.3 is 12.1 Å². The van der Waals surface area contributed by atoms with Crippen LogP contribution in [0.3, 0.4) is 0 Å². The summed E-state index contributed by atoms with van der Waals surface area (Å²) in [5.41, 5.74) is -0.0833. The van der Waals surface area contributed by atoms with Crippen molar-refractivity contribution in [1.82, 2.24) is 10.2 Å². The van der Waals surface area contributed by atoms with Crippen LogP contribution in [0, 0.1) is 0 Å². The van der Waals surface area contributed by atoms with Crippen LogP contribution < -0.4 is 5.32 Å². The Kier molecular flexibility index (Phi) is 5.91. The Hall–Kier alpha value is -2.55. The molecule has 0 radical (unpaired) electrons.